The van der Waals surface area contributed by atoms with E-state index >= 15 is 0 Å². The first-order valence-corrected chi connectivity index (χ1v) is 15.6. The molecule has 224 valence electrons. The van der Waals surface area contributed by atoms with Crippen molar-refractivity contribution in [3.8, 4) is 5.75 Å². The number of benzene rings is 3. The molecule has 1 atom stereocenters. The molecular weight excluding hydrogens is 554 g/mol. The Hall–Kier alpha value is -3.73. The Morgan fingerprint density at radius 2 is 1.60 bits per heavy atom. The Labute approximate surface area is 248 Å². The van der Waals surface area contributed by atoms with E-state index in [1.54, 1.807) is 43.4 Å². The van der Waals surface area contributed by atoms with Gasteiger partial charge in [0.1, 0.15) is 11.8 Å². The van der Waals surface area contributed by atoms with Gasteiger partial charge < -0.3 is 19.7 Å². The third-order valence-electron chi connectivity index (χ3n) is 7.09. The molecule has 0 spiro atoms. The molecule has 3 aromatic carbocycles. The quantitative estimate of drug-likeness (QED) is 0.243. The molecule has 1 fully saturated rings. The number of methoxy groups -OCH3 is 2. The van der Waals surface area contributed by atoms with Crippen LogP contribution >= 0.6 is 0 Å². The standard InChI is InChI=1S/C32H39N3O6S/c1-40-22-6-21-33-32(37)31(26-7-4-3-5-8-26)35(23-25-9-16-28(41-2)17-10-25)30(36)20-13-24-11-18-29(19-12-24)42(38,39)34-27-14-15-27/h3-5,7-12,16-19,27,31,34H,6,13-15,20-23H2,1-2H3,(H,33,37)/t31-/m1/s1. The number of nitrogens with zero attached hydrogens (tertiary/aromatic N) is 1. The first-order valence-electron chi connectivity index (χ1n) is 14.2. The number of carbonyl (C=O) groups is 2. The van der Waals surface area contributed by atoms with Crippen LogP contribution in [0.1, 0.15) is 48.4 Å². The van der Waals surface area contributed by atoms with Crippen molar-refractivity contribution in [2.75, 3.05) is 27.4 Å². The van der Waals surface area contributed by atoms with Gasteiger partial charge in [0.05, 0.1) is 12.0 Å². The summed E-state index contributed by atoms with van der Waals surface area (Å²) < 4.78 is 38.1. The highest BCUT2D eigenvalue weighted by Gasteiger charge is 2.31. The van der Waals surface area contributed by atoms with Gasteiger partial charge in [0.2, 0.25) is 21.8 Å². The third kappa shape index (κ3) is 8.88. The molecule has 9 nitrogen and oxygen atoms in total. The Kier molecular flexibility index (Phi) is 11.1. The fourth-order valence-corrected chi connectivity index (χ4v) is 5.91. The van der Waals surface area contributed by atoms with E-state index in [0.717, 1.165) is 24.0 Å². The van der Waals surface area contributed by atoms with Crippen LogP contribution in [0.15, 0.2) is 83.8 Å². The number of hydrogen-bond donors (Lipinski definition) is 2. The van der Waals surface area contributed by atoms with E-state index in [4.69, 9.17) is 9.47 Å². The Morgan fingerprint density at radius 3 is 2.21 bits per heavy atom. The van der Waals surface area contributed by atoms with Crippen molar-refractivity contribution in [2.45, 2.75) is 55.6 Å². The SMILES string of the molecule is COCCCNC(=O)[C@@H](c1ccccc1)N(Cc1ccc(OC)cc1)C(=O)CCc1ccc(S(=O)(=O)NC2CC2)cc1. The number of rotatable bonds is 16. The molecule has 42 heavy (non-hydrogen) atoms. The lowest BCUT2D eigenvalue weighted by atomic mass is 10.0. The monoisotopic (exact) mass is 593 g/mol. The van der Waals surface area contributed by atoms with E-state index in [2.05, 4.69) is 10.0 Å². The second-order valence-electron chi connectivity index (χ2n) is 10.4. The van der Waals surface area contributed by atoms with Crippen LogP contribution in [0.3, 0.4) is 0 Å². The first kappa shape index (κ1) is 31.2. The average Bonchev–Trinajstić information content (AvgIpc) is 3.82. The van der Waals surface area contributed by atoms with Crippen LogP contribution < -0.4 is 14.8 Å². The summed E-state index contributed by atoms with van der Waals surface area (Å²) in [5.74, 6) is 0.237. The number of sulfonamides is 1. The maximum atomic E-state index is 13.9. The van der Waals surface area contributed by atoms with Gasteiger partial charge in [-0.25, -0.2) is 13.1 Å². The summed E-state index contributed by atoms with van der Waals surface area (Å²) in [6.07, 6.45) is 2.91. The molecule has 1 aliphatic rings. The van der Waals surface area contributed by atoms with Crippen LogP contribution in [0, 0.1) is 0 Å². The minimum atomic E-state index is -3.55. The van der Waals surface area contributed by atoms with E-state index in [0.29, 0.717) is 37.3 Å². The zero-order chi connectivity index (χ0) is 30.0. The largest absolute Gasteiger partial charge is 0.497 e. The minimum absolute atomic E-state index is 0.0266. The van der Waals surface area contributed by atoms with Gasteiger partial charge in [0.15, 0.2) is 0 Å². The second-order valence-corrected chi connectivity index (χ2v) is 12.1. The molecule has 0 heterocycles. The van der Waals surface area contributed by atoms with Crippen LogP contribution in [0.2, 0.25) is 0 Å². The molecule has 3 aromatic rings. The summed E-state index contributed by atoms with van der Waals surface area (Å²) in [6, 6.07) is 22.5. The van der Waals surface area contributed by atoms with Crippen molar-refractivity contribution in [1.29, 1.82) is 0 Å². The highest BCUT2D eigenvalue weighted by Crippen LogP contribution is 2.26. The zero-order valence-corrected chi connectivity index (χ0v) is 24.9. The highest BCUT2D eigenvalue weighted by atomic mass is 32.2. The van der Waals surface area contributed by atoms with Gasteiger partial charge in [0.25, 0.3) is 0 Å². The second kappa shape index (κ2) is 14.9. The van der Waals surface area contributed by atoms with E-state index in [1.165, 1.54) is 0 Å². The predicted octanol–water partition coefficient (Wildman–Crippen LogP) is 3.99. The van der Waals surface area contributed by atoms with E-state index < -0.39 is 16.1 Å². The lowest BCUT2D eigenvalue weighted by Gasteiger charge is -2.32. The smallest absolute Gasteiger partial charge is 0.247 e. The number of ether oxygens (including phenoxy) is 2. The molecule has 1 aliphatic carbocycles. The van der Waals surface area contributed by atoms with E-state index in [1.807, 2.05) is 54.6 Å². The van der Waals surface area contributed by atoms with Gasteiger partial charge in [-0.15, -0.1) is 0 Å². The lowest BCUT2D eigenvalue weighted by Crippen LogP contribution is -2.43. The van der Waals surface area contributed by atoms with Gasteiger partial charge in [0, 0.05) is 39.3 Å². The summed E-state index contributed by atoms with van der Waals surface area (Å²) in [5.41, 5.74) is 2.40. The summed E-state index contributed by atoms with van der Waals surface area (Å²) in [6.45, 7) is 1.16. The lowest BCUT2D eigenvalue weighted by molar-refractivity contribution is -0.141. The maximum absolute atomic E-state index is 13.9. The summed E-state index contributed by atoms with van der Waals surface area (Å²) in [4.78, 5) is 29.3. The molecule has 2 amide bonds. The van der Waals surface area contributed by atoms with Crippen molar-refractivity contribution in [2.24, 2.45) is 0 Å². The van der Waals surface area contributed by atoms with Crippen molar-refractivity contribution < 1.29 is 27.5 Å². The Balaban J connectivity index is 1.55. The molecule has 2 N–H and O–H groups in total. The molecule has 4 rings (SSSR count). The van der Waals surface area contributed by atoms with Gasteiger partial charge in [-0.2, -0.15) is 0 Å². The molecular formula is C32H39N3O6S. The van der Waals surface area contributed by atoms with Crippen LogP contribution in [0.5, 0.6) is 5.75 Å². The predicted molar refractivity (Wildman–Crippen MR) is 160 cm³/mol. The fraction of sp³-hybridized carbons (Fsp3) is 0.375. The van der Waals surface area contributed by atoms with Gasteiger partial charge in [-0.05, 0) is 66.6 Å². The summed E-state index contributed by atoms with van der Waals surface area (Å²) >= 11 is 0. The van der Waals surface area contributed by atoms with E-state index in [9.17, 15) is 18.0 Å². The molecule has 1 saturated carbocycles. The van der Waals surface area contributed by atoms with Crippen molar-refractivity contribution in [1.82, 2.24) is 14.9 Å². The van der Waals surface area contributed by atoms with Gasteiger partial charge >= 0.3 is 0 Å². The van der Waals surface area contributed by atoms with Crippen molar-refractivity contribution in [3.05, 3.63) is 95.6 Å². The molecule has 0 radical (unpaired) electrons. The number of carbonyl (C=O) groups excluding carboxylic acids is 2. The Bertz CT molecular complexity index is 1410. The number of amides is 2. The molecule has 0 saturated heterocycles. The molecule has 0 aromatic heterocycles. The minimum Gasteiger partial charge on any atom is -0.497 e. The van der Waals surface area contributed by atoms with Crippen molar-refractivity contribution in [3.63, 3.8) is 0 Å². The van der Waals surface area contributed by atoms with Gasteiger partial charge in [-0.1, -0.05) is 54.6 Å². The molecule has 0 unspecified atom stereocenters. The summed E-state index contributed by atoms with van der Waals surface area (Å²) in [5, 5.41) is 2.97. The summed E-state index contributed by atoms with van der Waals surface area (Å²) in [7, 11) is -0.342. The molecule has 0 bridgehead atoms. The topological polar surface area (TPSA) is 114 Å². The first-order chi connectivity index (χ1) is 20.3. The number of nitrogens with one attached hydrogen (secondary N) is 2. The number of hydrogen-bond acceptors (Lipinski definition) is 6. The normalized spacial score (nSPS) is 13.8. The fourth-order valence-electron chi connectivity index (χ4n) is 4.60. The molecule has 10 heteroatoms. The van der Waals surface area contributed by atoms with Crippen LogP contribution in [0.25, 0.3) is 0 Å². The van der Waals surface area contributed by atoms with Gasteiger partial charge in [-0.3, -0.25) is 9.59 Å². The van der Waals surface area contributed by atoms with Crippen LogP contribution in [0.4, 0.5) is 0 Å². The molecule has 0 aliphatic heterocycles. The van der Waals surface area contributed by atoms with Crippen LogP contribution in [-0.4, -0.2) is 58.5 Å². The van der Waals surface area contributed by atoms with Crippen LogP contribution in [-0.2, 0) is 37.3 Å². The highest BCUT2D eigenvalue weighted by molar-refractivity contribution is 7.89. The number of aryl methyl sites for hydroxylation is 1. The maximum Gasteiger partial charge on any atom is 0.247 e. The average molecular weight is 594 g/mol. The third-order valence-corrected chi connectivity index (χ3v) is 8.63. The van der Waals surface area contributed by atoms with Crippen molar-refractivity contribution >= 4 is 21.8 Å². The zero-order valence-electron chi connectivity index (χ0n) is 24.1. The Morgan fingerprint density at radius 1 is 0.929 bits per heavy atom. The van der Waals surface area contributed by atoms with E-state index in [-0.39, 0.29) is 35.7 Å².